The third kappa shape index (κ3) is 10.9. The molecule has 0 aromatic carbocycles. The van der Waals surface area contributed by atoms with Gasteiger partial charge in [-0.3, -0.25) is 4.99 Å². The van der Waals surface area contributed by atoms with E-state index in [4.69, 9.17) is 10.5 Å². The van der Waals surface area contributed by atoms with Crippen LogP contribution < -0.4 is 11.1 Å². The van der Waals surface area contributed by atoms with Gasteiger partial charge < -0.3 is 15.8 Å². The highest BCUT2D eigenvalue weighted by atomic mass is 16.5. The largest absolute Gasteiger partial charge is 0.379 e. The highest BCUT2D eigenvalue weighted by Crippen LogP contribution is 1.86. The Morgan fingerprint density at radius 2 is 2.33 bits per heavy atom. The zero-order chi connectivity index (χ0) is 11.4. The molecular formula is C11H23N3O. The summed E-state index contributed by atoms with van der Waals surface area (Å²) < 4.78 is 5.31. The van der Waals surface area contributed by atoms with Gasteiger partial charge in [-0.15, -0.1) is 6.58 Å². The van der Waals surface area contributed by atoms with E-state index in [0.29, 0.717) is 19.1 Å². The van der Waals surface area contributed by atoms with E-state index in [2.05, 4.69) is 23.8 Å². The van der Waals surface area contributed by atoms with E-state index in [9.17, 15) is 0 Å². The van der Waals surface area contributed by atoms with Crippen LogP contribution in [0.4, 0.5) is 0 Å². The van der Waals surface area contributed by atoms with Gasteiger partial charge in [0.2, 0.25) is 0 Å². The lowest BCUT2D eigenvalue weighted by molar-refractivity contribution is 0.143. The van der Waals surface area contributed by atoms with Crippen LogP contribution in [0.25, 0.3) is 0 Å². The zero-order valence-corrected chi connectivity index (χ0v) is 9.67. The lowest BCUT2D eigenvalue weighted by Crippen LogP contribution is -2.34. The quantitative estimate of drug-likeness (QED) is 0.262. The number of nitrogens with one attached hydrogen (secondary N) is 1. The Balaban J connectivity index is 3.26. The molecule has 0 atom stereocenters. The van der Waals surface area contributed by atoms with Gasteiger partial charge in [0.25, 0.3) is 0 Å². The van der Waals surface area contributed by atoms with Crippen LogP contribution in [0.5, 0.6) is 0 Å². The van der Waals surface area contributed by atoms with Crippen molar-refractivity contribution in [1.29, 1.82) is 0 Å². The number of rotatable bonds is 9. The van der Waals surface area contributed by atoms with E-state index in [-0.39, 0.29) is 0 Å². The Kier molecular flexibility index (Phi) is 10.3. The van der Waals surface area contributed by atoms with Crippen LogP contribution in [-0.4, -0.2) is 32.3 Å². The molecule has 0 heterocycles. The molecule has 4 nitrogen and oxygen atoms in total. The number of unbranched alkanes of at least 4 members (excludes halogenated alkanes) is 1. The molecule has 0 rings (SSSR count). The first kappa shape index (κ1) is 14.0. The minimum atomic E-state index is 0.510. The highest BCUT2D eigenvalue weighted by Gasteiger charge is 1.90. The number of guanidine groups is 1. The predicted molar refractivity (Wildman–Crippen MR) is 65.0 cm³/mol. The summed E-state index contributed by atoms with van der Waals surface area (Å²) >= 11 is 0. The molecular weight excluding hydrogens is 190 g/mol. The molecule has 0 aromatic rings. The fourth-order valence-corrected chi connectivity index (χ4v) is 0.934. The van der Waals surface area contributed by atoms with E-state index >= 15 is 0 Å². The van der Waals surface area contributed by atoms with E-state index < -0.39 is 0 Å². The van der Waals surface area contributed by atoms with Crippen LogP contribution in [-0.2, 0) is 4.74 Å². The smallest absolute Gasteiger partial charge is 0.188 e. The fourth-order valence-electron chi connectivity index (χ4n) is 0.934. The van der Waals surface area contributed by atoms with Gasteiger partial charge in [0.15, 0.2) is 5.96 Å². The van der Waals surface area contributed by atoms with Crippen LogP contribution in [0, 0.1) is 0 Å². The third-order valence-corrected chi connectivity index (χ3v) is 1.81. The van der Waals surface area contributed by atoms with Crippen LogP contribution in [0.1, 0.15) is 26.2 Å². The Morgan fingerprint density at radius 3 is 3.00 bits per heavy atom. The van der Waals surface area contributed by atoms with Crippen molar-refractivity contribution < 1.29 is 4.74 Å². The van der Waals surface area contributed by atoms with Gasteiger partial charge in [-0.05, 0) is 12.8 Å². The summed E-state index contributed by atoms with van der Waals surface area (Å²) in [5.41, 5.74) is 5.62. The van der Waals surface area contributed by atoms with Crippen molar-refractivity contribution in [3.8, 4) is 0 Å². The molecule has 0 aliphatic rings. The molecule has 0 fully saturated rings. The molecule has 0 saturated carbocycles. The van der Waals surface area contributed by atoms with E-state index in [1.807, 2.05) is 6.08 Å². The van der Waals surface area contributed by atoms with Gasteiger partial charge in [0.1, 0.15) is 0 Å². The second-order valence-corrected chi connectivity index (χ2v) is 3.24. The molecule has 0 aliphatic carbocycles. The van der Waals surface area contributed by atoms with Crippen molar-refractivity contribution in [3.63, 3.8) is 0 Å². The van der Waals surface area contributed by atoms with Crippen molar-refractivity contribution in [2.24, 2.45) is 10.7 Å². The maximum atomic E-state index is 5.62. The number of aliphatic imine (C=N–C) groups is 1. The van der Waals surface area contributed by atoms with Gasteiger partial charge in [0, 0.05) is 13.1 Å². The second-order valence-electron chi connectivity index (χ2n) is 3.24. The van der Waals surface area contributed by atoms with Crippen LogP contribution in [0.2, 0.25) is 0 Å². The molecule has 0 bridgehead atoms. The van der Waals surface area contributed by atoms with Crippen LogP contribution in [0.15, 0.2) is 17.6 Å². The maximum Gasteiger partial charge on any atom is 0.188 e. The number of hydrogen-bond donors (Lipinski definition) is 2. The lowest BCUT2D eigenvalue weighted by Gasteiger charge is -2.05. The fraction of sp³-hybridized carbons (Fsp3) is 0.727. The molecule has 3 N–H and O–H groups in total. The van der Waals surface area contributed by atoms with Gasteiger partial charge in [-0.25, -0.2) is 0 Å². The van der Waals surface area contributed by atoms with Gasteiger partial charge >= 0.3 is 0 Å². The first-order valence-corrected chi connectivity index (χ1v) is 5.53. The van der Waals surface area contributed by atoms with Gasteiger partial charge in [0.05, 0.1) is 13.2 Å². The summed E-state index contributed by atoms with van der Waals surface area (Å²) in [7, 11) is 0. The zero-order valence-electron chi connectivity index (χ0n) is 9.67. The van der Waals surface area contributed by atoms with Crippen molar-refractivity contribution in [1.82, 2.24) is 5.32 Å². The number of hydrogen-bond acceptors (Lipinski definition) is 2. The molecule has 88 valence electrons. The molecule has 0 spiro atoms. The molecule has 4 heteroatoms. The minimum Gasteiger partial charge on any atom is -0.379 e. The van der Waals surface area contributed by atoms with Crippen molar-refractivity contribution in [2.45, 2.75) is 26.2 Å². The first-order valence-electron chi connectivity index (χ1n) is 5.53. The first-order chi connectivity index (χ1) is 7.31. The highest BCUT2D eigenvalue weighted by molar-refractivity contribution is 5.77. The maximum absolute atomic E-state index is 5.62. The summed E-state index contributed by atoms with van der Waals surface area (Å²) in [6.45, 7) is 8.62. The third-order valence-electron chi connectivity index (χ3n) is 1.81. The SMILES string of the molecule is C=CCCOCCNC(N)=NCCCC. The molecule has 0 aliphatic heterocycles. The van der Waals surface area contributed by atoms with E-state index in [0.717, 1.165) is 32.4 Å². The van der Waals surface area contributed by atoms with Crippen LogP contribution >= 0.6 is 0 Å². The molecule has 0 aromatic heterocycles. The summed E-state index contributed by atoms with van der Waals surface area (Å²) in [4.78, 5) is 4.16. The lowest BCUT2D eigenvalue weighted by atomic mass is 10.3. The topological polar surface area (TPSA) is 59.6 Å². The van der Waals surface area contributed by atoms with Crippen molar-refractivity contribution >= 4 is 5.96 Å². The van der Waals surface area contributed by atoms with Crippen LogP contribution in [0.3, 0.4) is 0 Å². The normalized spacial score (nSPS) is 11.4. The van der Waals surface area contributed by atoms with Gasteiger partial charge in [-0.2, -0.15) is 0 Å². The molecule has 15 heavy (non-hydrogen) atoms. The molecule has 0 radical (unpaired) electrons. The second kappa shape index (κ2) is 11.0. The Labute approximate surface area is 92.6 Å². The molecule has 0 unspecified atom stereocenters. The van der Waals surface area contributed by atoms with E-state index in [1.54, 1.807) is 0 Å². The standard InChI is InChI=1S/C11H23N3O/c1-3-5-7-13-11(12)14-8-10-15-9-6-4-2/h4H,2-3,5-10H2,1H3,(H3,12,13,14). The average Bonchev–Trinajstić information content (AvgIpc) is 2.23. The number of nitrogens with zero attached hydrogens (tertiary/aromatic N) is 1. The number of nitrogens with two attached hydrogens (primary N) is 1. The van der Waals surface area contributed by atoms with Crippen molar-refractivity contribution in [2.75, 3.05) is 26.3 Å². The van der Waals surface area contributed by atoms with Crippen molar-refractivity contribution in [3.05, 3.63) is 12.7 Å². The summed E-state index contributed by atoms with van der Waals surface area (Å²) in [6, 6.07) is 0. The van der Waals surface area contributed by atoms with E-state index in [1.165, 1.54) is 0 Å². The number of ether oxygens (including phenoxy) is 1. The summed E-state index contributed by atoms with van der Waals surface area (Å²) in [5.74, 6) is 0.510. The summed E-state index contributed by atoms with van der Waals surface area (Å²) in [6.07, 6.45) is 4.95. The average molecular weight is 213 g/mol. The Bertz CT molecular complexity index is 181. The Morgan fingerprint density at radius 1 is 1.53 bits per heavy atom. The monoisotopic (exact) mass is 213 g/mol. The molecule has 0 amide bonds. The predicted octanol–water partition coefficient (Wildman–Crippen LogP) is 1.28. The van der Waals surface area contributed by atoms with Gasteiger partial charge in [-0.1, -0.05) is 19.4 Å². The Hall–Kier alpha value is -1.03. The minimum absolute atomic E-state index is 0.510. The summed E-state index contributed by atoms with van der Waals surface area (Å²) in [5, 5.41) is 3.00. The molecule has 0 saturated heterocycles.